The Morgan fingerprint density at radius 1 is 1.21 bits per heavy atom. The van der Waals surface area contributed by atoms with Crippen molar-refractivity contribution in [2.24, 2.45) is 7.05 Å². The van der Waals surface area contributed by atoms with Crippen molar-refractivity contribution in [3.63, 3.8) is 0 Å². The van der Waals surface area contributed by atoms with E-state index in [0.717, 1.165) is 11.1 Å². The summed E-state index contributed by atoms with van der Waals surface area (Å²) in [5.74, 6) is 0.172. The molecule has 4 nitrogen and oxygen atoms in total. The monoisotopic (exact) mass is 249 g/mol. The maximum atomic E-state index is 10.1. The topological polar surface area (TPSA) is 61.8 Å². The van der Waals surface area contributed by atoms with Crippen LogP contribution >= 0.6 is 0 Å². The van der Waals surface area contributed by atoms with Gasteiger partial charge >= 0.3 is 0 Å². The maximum absolute atomic E-state index is 10.1. The van der Waals surface area contributed by atoms with Gasteiger partial charge in [-0.1, -0.05) is 24.3 Å². The smallest absolute Gasteiger partial charge is 0.124 e. The zero-order chi connectivity index (χ0) is 13.4. The second-order valence-corrected chi connectivity index (χ2v) is 4.32. The minimum Gasteiger partial charge on any atom is -0.507 e. The van der Waals surface area contributed by atoms with E-state index < -0.39 is 0 Å². The number of phenolic OH excluding ortho intramolecular Hbond substituents is 1. The van der Waals surface area contributed by atoms with E-state index in [1.807, 2.05) is 31.3 Å². The molecule has 19 heavy (non-hydrogen) atoms. The summed E-state index contributed by atoms with van der Waals surface area (Å²) in [5.41, 5.74) is 2.05. The molecule has 0 spiro atoms. The summed E-state index contributed by atoms with van der Waals surface area (Å²) in [5, 5.41) is 25.1. The van der Waals surface area contributed by atoms with E-state index in [-0.39, 0.29) is 5.75 Å². The number of rotatable bonds is 1. The van der Waals surface area contributed by atoms with E-state index in [1.54, 1.807) is 23.0 Å². The molecule has 0 aliphatic heterocycles. The molecule has 1 aromatic heterocycles. The molecule has 0 unspecified atom stereocenters. The lowest BCUT2D eigenvalue weighted by molar-refractivity contribution is 0.482. The molecule has 0 fully saturated rings. The summed E-state index contributed by atoms with van der Waals surface area (Å²) in [6, 6.07) is 13.0. The summed E-state index contributed by atoms with van der Waals surface area (Å²) in [4.78, 5) is 0. The Labute approximate surface area is 110 Å². The third kappa shape index (κ3) is 1.64. The Balaban J connectivity index is 2.45. The molecule has 2 aromatic carbocycles. The quantitative estimate of drug-likeness (QED) is 0.721. The van der Waals surface area contributed by atoms with Gasteiger partial charge in [0.1, 0.15) is 11.8 Å². The predicted molar refractivity (Wildman–Crippen MR) is 72.5 cm³/mol. The van der Waals surface area contributed by atoms with Crippen molar-refractivity contribution in [1.29, 1.82) is 5.26 Å². The fourth-order valence-corrected chi connectivity index (χ4v) is 2.32. The SMILES string of the molecule is Cn1nccc1-c1cc(O)c2ccccc2c1C#N. The van der Waals surface area contributed by atoms with Crippen LogP contribution in [0.1, 0.15) is 5.56 Å². The van der Waals surface area contributed by atoms with Crippen LogP contribution in [0.2, 0.25) is 0 Å². The number of nitrogens with zero attached hydrogens (tertiary/aromatic N) is 3. The number of phenols is 1. The number of aromatic nitrogens is 2. The largest absolute Gasteiger partial charge is 0.507 e. The number of aromatic hydroxyl groups is 1. The van der Waals surface area contributed by atoms with Gasteiger partial charge in [-0.2, -0.15) is 10.4 Å². The van der Waals surface area contributed by atoms with Gasteiger partial charge in [-0.3, -0.25) is 4.68 Å². The summed E-state index contributed by atoms with van der Waals surface area (Å²) in [6.07, 6.45) is 1.67. The van der Waals surface area contributed by atoms with Gasteiger partial charge in [-0.25, -0.2) is 0 Å². The zero-order valence-electron chi connectivity index (χ0n) is 10.3. The van der Waals surface area contributed by atoms with Crippen LogP contribution < -0.4 is 0 Å². The third-order valence-electron chi connectivity index (χ3n) is 3.23. The van der Waals surface area contributed by atoms with Crippen LogP contribution in [0, 0.1) is 11.3 Å². The van der Waals surface area contributed by atoms with Crippen molar-refractivity contribution in [2.45, 2.75) is 0 Å². The highest BCUT2D eigenvalue weighted by atomic mass is 16.3. The molecule has 0 atom stereocenters. The fourth-order valence-electron chi connectivity index (χ4n) is 2.32. The first kappa shape index (κ1) is 11.3. The lowest BCUT2D eigenvalue weighted by Gasteiger charge is -2.09. The molecular formula is C15H11N3O. The molecular weight excluding hydrogens is 238 g/mol. The second-order valence-electron chi connectivity index (χ2n) is 4.32. The Morgan fingerprint density at radius 2 is 1.95 bits per heavy atom. The van der Waals surface area contributed by atoms with Crippen LogP contribution in [-0.4, -0.2) is 14.9 Å². The van der Waals surface area contributed by atoms with Gasteiger partial charge in [0.05, 0.1) is 11.3 Å². The van der Waals surface area contributed by atoms with E-state index in [0.29, 0.717) is 16.5 Å². The molecule has 0 radical (unpaired) electrons. The van der Waals surface area contributed by atoms with Crippen LogP contribution in [0.15, 0.2) is 42.6 Å². The molecule has 1 heterocycles. The van der Waals surface area contributed by atoms with Crippen LogP contribution in [-0.2, 0) is 7.05 Å². The minimum absolute atomic E-state index is 0.172. The van der Waals surface area contributed by atoms with E-state index in [9.17, 15) is 10.4 Å². The number of aryl methyl sites for hydroxylation is 1. The number of nitriles is 1. The van der Waals surface area contributed by atoms with Crippen molar-refractivity contribution in [2.75, 3.05) is 0 Å². The number of fused-ring (bicyclic) bond motifs is 1. The standard InChI is InChI=1S/C15H11N3O/c1-18-14(6-7-17-18)12-8-15(19)11-5-3-2-4-10(11)13(12)9-16/h2-8,19H,1H3. The molecule has 0 aliphatic rings. The van der Waals surface area contributed by atoms with Gasteiger partial charge in [-0.05, 0) is 12.1 Å². The van der Waals surface area contributed by atoms with E-state index in [4.69, 9.17) is 0 Å². The zero-order valence-corrected chi connectivity index (χ0v) is 10.3. The second kappa shape index (κ2) is 4.14. The van der Waals surface area contributed by atoms with Crippen LogP contribution in [0.5, 0.6) is 5.75 Å². The normalized spacial score (nSPS) is 10.5. The van der Waals surface area contributed by atoms with E-state index >= 15 is 0 Å². The summed E-state index contributed by atoms with van der Waals surface area (Å²) in [6.45, 7) is 0. The molecule has 0 saturated heterocycles. The average molecular weight is 249 g/mol. The fraction of sp³-hybridized carbons (Fsp3) is 0.0667. The van der Waals surface area contributed by atoms with Gasteiger partial charge in [0.2, 0.25) is 0 Å². The average Bonchev–Trinajstić information content (AvgIpc) is 2.85. The molecule has 0 saturated carbocycles. The Morgan fingerprint density at radius 3 is 2.58 bits per heavy atom. The first-order valence-electron chi connectivity index (χ1n) is 5.85. The Bertz CT molecular complexity index is 812. The van der Waals surface area contributed by atoms with Crippen molar-refractivity contribution < 1.29 is 5.11 Å². The van der Waals surface area contributed by atoms with Gasteiger partial charge in [0, 0.05) is 29.6 Å². The Kier molecular flexibility index (Phi) is 2.46. The number of benzene rings is 2. The predicted octanol–water partition coefficient (Wildman–Crippen LogP) is 2.82. The summed E-state index contributed by atoms with van der Waals surface area (Å²) in [7, 11) is 1.81. The summed E-state index contributed by atoms with van der Waals surface area (Å²) >= 11 is 0. The molecule has 4 heteroatoms. The Hall–Kier alpha value is -2.80. The van der Waals surface area contributed by atoms with Crippen LogP contribution in [0.4, 0.5) is 0 Å². The lowest BCUT2D eigenvalue weighted by atomic mass is 9.97. The molecule has 0 bridgehead atoms. The van der Waals surface area contributed by atoms with Gasteiger partial charge < -0.3 is 5.11 Å². The lowest BCUT2D eigenvalue weighted by Crippen LogP contribution is -1.96. The first-order valence-corrected chi connectivity index (χ1v) is 5.85. The van der Waals surface area contributed by atoms with Crippen molar-refractivity contribution in [1.82, 2.24) is 9.78 Å². The molecule has 0 aliphatic carbocycles. The highest BCUT2D eigenvalue weighted by Gasteiger charge is 2.14. The van der Waals surface area contributed by atoms with Gasteiger partial charge in [-0.15, -0.1) is 0 Å². The third-order valence-corrected chi connectivity index (χ3v) is 3.23. The van der Waals surface area contributed by atoms with Crippen molar-refractivity contribution in [3.05, 3.63) is 48.2 Å². The van der Waals surface area contributed by atoms with Crippen molar-refractivity contribution >= 4 is 10.8 Å². The molecule has 0 amide bonds. The van der Waals surface area contributed by atoms with Gasteiger partial charge in [0.25, 0.3) is 0 Å². The van der Waals surface area contributed by atoms with Crippen LogP contribution in [0.25, 0.3) is 22.0 Å². The first-order chi connectivity index (χ1) is 9.22. The maximum Gasteiger partial charge on any atom is 0.124 e. The molecule has 3 aromatic rings. The molecule has 1 N–H and O–H groups in total. The number of hydrogen-bond acceptors (Lipinski definition) is 3. The van der Waals surface area contributed by atoms with Gasteiger partial charge in [0.15, 0.2) is 0 Å². The molecule has 92 valence electrons. The highest BCUT2D eigenvalue weighted by Crippen LogP contribution is 2.35. The highest BCUT2D eigenvalue weighted by molar-refractivity contribution is 5.97. The molecule has 3 rings (SSSR count). The van der Waals surface area contributed by atoms with Crippen LogP contribution in [0.3, 0.4) is 0 Å². The summed E-state index contributed by atoms with van der Waals surface area (Å²) < 4.78 is 1.68. The number of hydrogen-bond donors (Lipinski definition) is 1. The van der Waals surface area contributed by atoms with E-state index in [2.05, 4.69) is 11.2 Å². The van der Waals surface area contributed by atoms with E-state index in [1.165, 1.54) is 0 Å². The van der Waals surface area contributed by atoms with Crippen molar-refractivity contribution in [3.8, 4) is 23.1 Å². The minimum atomic E-state index is 0.172.